The lowest BCUT2D eigenvalue weighted by molar-refractivity contribution is 0.0953. The van der Waals surface area contributed by atoms with Gasteiger partial charge in [-0.2, -0.15) is 0 Å². The molecule has 192 valence electrons. The van der Waals surface area contributed by atoms with Crippen molar-refractivity contribution < 1.29 is 19.0 Å². The van der Waals surface area contributed by atoms with Crippen molar-refractivity contribution in [2.75, 3.05) is 27.4 Å². The van der Waals surface area contributed by atoms with Crippen LogP contribution in [-0.4, -0.2) is 42.8 Å². The molecule has 1 N–H and O–H groups in total. The maximum absolute atomic E-state index is 13.1. The Labute approximate surface area is 217 Å². The van der Waals surface area contributed by atoms with Crippen LogP contribution in [0.5, 0.6) is 11.5 Å². The van der Waals surface area contributed by atoms with E-state index < -0.39 is 0 Å². The fourth-order valence-electron chi connectivity index (χ4n) is 4.43. The fraction of sp³-hybridized carbons (Fsp3) is 0.429. The Balaban J connectivity index is 1.45. The third-order valence-electron chi connectivity index (χ3n) is 6.48. The summed E-state index contributed by atoms with van der Waals surface area (Å²) in [7, 11) is 3.32. The lowest BCUT2D eigenvalue weighted by atomic mass is 9.97. The molecule has 3 aromatic rings. The number of nitrogens with one attached hydrogen (secondary N) is 1. The van der Waals surface area contributed by atoms with Crippen molar-refractivity contribution in [3.8, 4) is 22.9 Å². The number of hydrogen-bond donors (Lipinski definition) is 1. The lowest BCUT2D eigenvalue weighted by Crippen LogP contribution is -2.25. The van der Waals surface area contributed by atoms with E-state index in [2.05, 4.69) is 16.0 Å². The van der Waals surface area contributed by atoms with Gasteiger partial charge < -0.3 is 24.1 Å². The zero-order chi connectivity index (χ0) is 25.3. The highest BCUT2D eigenvalue weighted by Crippen LogP contribution is 2.28. The Morgan fingerprint density at radius 3 is 2.69 bits per heavy atom. The Bertz CT molecular complexity index is 1180. The Morgan fingerprint density at radius 1 is 1.17 bits per heavy atom. The Hall–Kier alpha value is -3.10. The molecule has 0 radical (unpaired) electrons. The molecule has 2 aromatic heterocycles. The van der Waals surface area contributed by atoms with Gasteiger partial charge in [-0.1, -0.05) is 11.6 Å². The molecule has 0 atom stereocenters. The standard InChI is InChI=1S/C28H35N3O4S/c1-20-24(28(32)29-14-13-21-7-5-4-6-8-21)17-26(31(20)15-16-33-2)25-19-36-27(30-25)18-35-23-11-9-22(34-3)10-12-23/h7,9-12,17,19H,4-6,8,13-16,18H2,1-3H3,(H,29,32). The Morgan fingerprint density at radius 2 is 1.97 bits per heavy atom. The highest BCUT2D eigenvalue weighted by molar-refractivity contribution is 7.09. The Kier molecular flexibility index (Phi) is 9.19. The lowest BCUT2D eigenvalue weighted by Gasteiger charge is -2.13. The number of nitrogens with zero attached hydrogens (tertiary/aromatic N) is 2. The molecule has 0 saturated carbocycles. The van der Waals surface area contributed by atoms with Crippen LogP contribution in [0.3, 0.4) is 0 Å². The summed E-state index contributed by atoms with van der Waals surface area (Å²) in [5, 5.41) is 6.00. The molecule has 36 heavy (non-hydrogen) atoms. The third-order valence-corrected chi connectivity index (χ3v) is 7.31. The molecule has 0 bridgehead atoms. The zero-order valence-electron chi connectivity index (χ0n) is 21.3. The third kappa shape index (κ3) is 6.56. The number of carbonyl (C=O) groups excluding carboxylic acids is 1. The number of ether oxygens (including phenoxy) is 3. The molecular weight excluding hydrogens is 474 g/mol. The maximum atomic E-state index is 13.1. The molecule has 1 aliphatic rings. The zero-order valence-corrected chi connectivity index (χ0v) is 22.2. The van der Waals surface area contributed by atoms with Gasteiger partial charge in [-0.15, -0.1) is 11.3 Å². The molecule has 1 aromatic carbocycles. The number of hydrogen-bond acceptors (Lipinski definition) is 6. The minimum absolute atomic E-state index is 0.0420. The van der Waals surface area contributed by atoms with Gasteiger partial charge in [-0.05, 0) is 69.4 Å². The molecular formula is C28H35N3O4S. The van der Waals surface area contributed by atoms with Crippen molar-refractivity contribution in [2.45, 2.75) is 52.2 Å². The van der Waals surface area contributed by atoms with Crippen molar-refractivity contribution >= 4 is 17.2 Å². The smallest absolute Gasteiger partial charge is 0.253 e. The van der Waals surface area contributed by atoms with Crippen molar-refractivity contribution in [3.05, 3.63) is 63.6 Å². The van der Waals surface area contributed by atoms with Crippen molar-refractivity contribution in [1.82, 2.24) is 14.9 Å². The van der Waals surface area contributed by atoms with Crippen LogP contribution in [0.15, 0.2) is 47.4 Å². The van der Waals surface area contributed by atoms with E-state index in [1.165, 1.54) is 18.4 Å². The molecule has 0 unspecified atom stereocenters. The average Bonchev–Trinajstić information content (AvgIpc) is 3.51. The normalized spacial score (nSPS) is 13.4. The first-order valence-corrected chi connectivity index (χ1v) is 13.3. The first kappa shape index (κ1) is 26.0. The molecule has 7 nitrogen and oxygen atoms in total. The first-order valence-electron chi connectivity index (χ1n) is 12.5. The number of thiazole rings is 1. The van der Waals surface area contributed by atoms with Crippen LogP contribution in [0.2, 0.25) is 0 Å². The van der Waals surface area contributed by atoms with Crippen LogP contribution in [0.1, 0.15) is 53.2 Å². The van der Waals surface area contributed by atoms with Crippen LogP contribution in [0, 0.1) is 6.92 Å². The average molecular weight is 510 g/mol. The summed E-state index contributed by atoms with van der Waals surface area (Å²) in [5.41, 5.74) is 4.81. The van der Waals surface area contributed by atoms with Crippen LogP contribution in [0.25, 0.3) is 11.4 Å². The van der Waals surface area contributed by atoms with Crippen LogP contribution >= 0.6 is 11.3 Å². The summed E-state index contributed by atoms with van der Waals surface area (Å²) in [6.45, 7) is 4.21. The van der Waals surface area contributed by atoms with E-state index >= 15 is 0 Å². The summed E-state index contributed by atoms with van der Waals surface area (Å²) in [4.78, 5) is 17.9. The summed E-state index contributed by atoms with van der Waals surface area (Å²) >= 11 is 1.54. The fourth-order valence-corrected chi connectivity index (χ4v) is 5.13. The SMILES string of the molecule is COCCn1c(-c2csc(COc3ccc(OC)cc3)n2)cc(C(=O)NCCC2=CCCCC2)c1C. The van der Waals surface area contributed by atoms with Gasteiger partial charge in [0.05, 0.1) is 30.7 Å². The summed E-state index contributed by atoms with van der Waals surface area (Å²) in [6, 6.07) is 9.44. The monoisotopic (exact) mass is 509 g/mol. The molecule has 8 heteroatoms. The van der Waals surface area contributed by atoms with Gasteiger partial charge >= 0.3 is 0 Å². The minimum atomic E-state index is -0.0420. The number of allylic oxidation sites excluding steroid dienone is 1. The second-order valence-corrected chi connectivity index (χ2v) is 9.82. The number of carbonyl (C=O) groups is 1. The second-order valence-electron chi connectivity index (χ2n) is 8.88. The summed E-state index contributed by atoms with van der Waals surface area (Å²) in [6.07, 6.45) is 8.10. The maximum Gasteiger partial charge on any atom is 0.253 e. The van der Waals surface area contributed by atoms with E-state index in [4.69, 9.17) is 19.2 Å². The second kappa shape index (κ2) is 12.7. The van der Waals surface area contributed by atoms with Crippen LogP contribution in [-0.2, 0) is 17.9 Å². The summed E-state index contributed by atoms with van der Waals surface area (Å²) < 4.78 is 18.5. The molecule has 1 aliphatic carbocycles. The highest BCUT2D eigenvalue weighted by Gasteiger charge is 2.20. The van der Waals surface area contributed by atoms with Crippen molar-refractivity contribution in [1.29, 1.82) is 0 Å². The van der Waals surface area contributed by atoms with Crippen LogP contribution < -0.4 is 14.8 Å². The first-order chi connectivity index (χ1) is 17.6. The minimum Gasteiger partial charge on any atom is -0.497 e. The van der Waals surface area contributed by atoms with Crippen molar-refractivity contribution in [2.24, 2.45) is 0 Å². The van der Waals surface area contributed by atoms with Gasteiger partial charge in [0.1, 0.15) is 23.1 Å². The largest absolute Gasteiger partial charge is 0.497 e. The number of amides is 1. The predicted octanol–water partition coefficient (Wildman–Crippen LogP) is 5.77. The molecule has 0 spiro atoms. The van der Waals surface area contributed by atoms with E-state index in [0.717, 1.165) is 52.9 Å². The molecule has 4 rings (SSSR count). The number of methoxy groups -OCH3 is 2. The van der Waals surface area contributed by atoms with E-state index in [-0.39, 0.29) is 5.91 Å². The van der Waals surface area contributed by atoms with E-state index in [1.54, 1.807) is 25.6 Å². The van der Waals surface area contributed by atoms with Gasteiger partial charge in [0.15, 0.2) is 0 Å². The van der Waals surface area contributed by atoms with Crippen LogP contribution in [0.4, 0.5) is 0 Å². The van der Waals surface area contributed by atoms with E-state index in [9.17, 15) is 4.79 Å². The predicted molar refractivity (Wildman–Crippen MR) is 143 cm³/mol. The molecule has 2 heterocycles. The number of aromatic nitrogens is 2. The van der Waals surface area contributed by atoms with Gasteiger partial charge in [0.25, 0.3) is 5.91 Å². The van der Waals surface area contributed by atoms with E-state index in [0.29, 0.717) is 31.9 Å². The topological polar surface area (TPSA) is 74.6 Å². The quantitative estimate of drug-likeness (QED) is 0.314. The van der Waals surface area contributed by atoms with Gasteiger partial charge in [0, 0.05) is 31.3 Å². The number of rotatable bonds is 12. The summed E-state index contributed by atoms with van der Waals surface area (Å²) in [5.74, 6) is 1.51. The highest BCUT2D eigenvalue weighted by atomic mass is 32.1. The van der Waals surface area contributed by atoms with Gasteiger partial charge in [0.2, 0.25) is 0 Å². The molecule has 1 amide bonds. The van der Waals surface area contributed by atoms with Crippen molar-refractivity contribution in [3.63, 3.8) is 0 Å². The van der Waals surface area contributed by atoms with Gasteiger partial charge in [-0.25, -0.2) is 4.98 Å². The molecule has 0 saturated heterocycles. The molecule has 0 fully saturated rings. The number of benzene rings is 1. The van der Waals surface area contributed by atoms with E-state index in [1.807, 2.05) is 42.6 Å². The molecule has 0 aliphatic heterocycles. The van der Waals surface area contributed by atoms with Gasteiger partial charge in [-0.3, -0.25) is 4.79 Å².